The first kappa shape index (κ1) is 18.7. The van der Waals surface area contributed by atoms with Gasteiger partial charge in [-0.3, -0.25) is 4.79 Å². The number of nitrogens with zero attached hydrogens (tertiary/aromatic N) is 1. The number of benzene rings is 1. The summed E-state index contributed by atoms with van der Waals surface area (Å²) in [6.45, 7) is -3.17. The average molecular weight is 340 g/mol. The van der Waals surface area contributed by atoms with Gasteiger partial charge in [-0.15, -0.1) is 0 Å². The van der Waals surface area contributed by atoms with E-state index < -0.39 is 31.3 Å². The van der Waals surface area contributed by atoms with Gasteiger partial charge in [-0.1, -0.05) is 5.16 Å². The summed E-state index contributed by atoms with van der Waals surface area (Å²) in [5, 5.41) is 5.09. The second kappa shape index (κ2) is 8.30. The normalized spacial score (nSPS) is 13.2. The molecule has 0 saturated heterocycles. The Labute approximate surface area is 128 Å². The van der Waals surface area contributed by atoms with Gasteiger partial charge < -0.3 is 14.9 Å². The Hall–Kier alpha value is -2.39. The molecular formula is C13H13F5N2O3. The van der Waals surface area contributed by atoms with Gasteiger partial charge >= 0.3 is 12.8 Å². The minimum Gasteiger partial charge on any atom is -0.435 e. The van der Waals surface area contributed by atoms with Gasteiger partial charge in [0.2, 0.25) is 6.10 Å². The molecule has 0 fully saturated rings. The molecule has 1 amide bonds. The third-order valence-electron chi connectivity index (χ3n) is 2.36. The Morgan fingerprint density at radius 3 is 2.43 bits per heavy atom. The van der Waals surface area contributed by atoms with Crippen LogP contribution in [0.2, 0.25) is 0 Å². The van der Waals surface area contributed by atoms with Gasteiger partial charge in [0.15, 0.2) is 0 Å². The van der Waals surface area contributed by atoms with Crippen LogP contribution >= 0.6 is 0 Å². The molecule has 1 N–H and O–H groups in total. The van der Waals surface area contributed by atoms with Crippen molar-refractivity contribution in [3.05, 3.63) is 29.8 Å². The standard InChI is InChI=1S/C13H13F5N2O3/c1-8(11(21)19-7-13(16,17)18)23-20-6-9-2-4-10(5-3-9)22-12(14)15/h2-6,8,12H,7H2,1H3,(H,19,21)/b20-6+. The lowest BCUT2D eigenvalue weighted by molar-refractivity contribution is -0.144. The van der Waals surface area contributed by atoms with Crippen molar-refractivity contribution in [2.45, 2.75) is 25.8 Å². The fraction of sp³-hybridized carbons (Fsp3) is 0.385. The molecule has 0 aliphatic heterocycles. The Morgan fingerprint density at radius 2 is 1.91 bits per heavy atom. The summed E-state index contributed by atoms with van der Waals surface area (Å²) in [4.78, 5) is 16.0. The van der Waals surface area contributed by atoms with E-state index in [2.05, 4.69) is 9.89 Å². The first-order valence-electron chi connectivity index (χ1n) is 6.26. The lowest BCUT2D eigenvalue weighted by Crippen LogP contribution is -2.39. The molecule has 0 saturated carbocycles. The van der Waals surface area contributed by atoms with Crippen molar-refractivity contribution in [2.75, 3.05) is 6.54 Å². The van der Waals surface area contributed by atoms with E-state index in [9.17, 15) is 26.7 Å². The maximum absolute atomic E-state index is 11.9. The van der Waals surface area contributed by atoms with Gasteiger partial charge in [0, 0.05) is 0 Å². The van der Waals surface area contributed by atoms with E-state index in [1.165, 1.54) is 37.4 Å². The largest absolute Gasteiger partial charge is 0.435 e. The van der Waals surface area contributed by atoms with Crippen molar-refractivity contribution in [1.82, 2.24) is 5.32 Å². The summed E-state index contributed by atoms with van der Waals surface area (Å²) in [6, 6.07) is 5.35. The molecule has 1 atom stereocenters. The molecule has 1 unspecified atom stereocenters. The molecule has 1 rings (SSSR count). The minimum atomic E-state index is -4.51. The Morgan fingerprint density at radius 1 is 1.30 bits per heavy atom. The van der Waals surface area contributed by atoms with E-state index in [1.54, 1.807) is 5.32 Å². The molecule has 0 aromatic heterocycles. The van der Waals surface area contributed by atoms with Crippen molar-refractivity contribution in [2.24, 2.45) is 5.16 Å². The summed E-state index contributed by atoms with van der Waals surface area (Å²) in [6.07, 6.45) is -4.57. The van der Waals surface area contributed by atoms with Crippen LogP contribution in [0.1, 0.15) is 12.5 Å². The van der Waals surface area contributed by atoms with E-state index in [4.69, 9.17) is 4.84 Å². The summed E-state index contributed by atoms with van der Waals surface area (Å²) < 4.78 is 63.8. The highest BCUT2D eigenvalue weighted by Gasteiger charge is 2.29. The van der Waals surface area contributed by atoms with E-state index in [0.717, 1.165) is 0 Å². The van der Waals surface area contributed by atoms with Crippen LogP contribution in [0, 0.1) is 0 Å². The molecule has 0 aliphatic rings. The van der Waals surface area contributed by atoms with Crippen molar-refractivity contribution in [3.8, 4) is 5.75 Å². The van der Waals surface area contributed by atoms with Crippen molar-refractivity contribution in [1.29, 1.82) is 0 Å². The number of hydrogen-bond donors (Lipinski definition) is 1. The second-order valence-corrected chi connectivity index (χ2v) is 4.26. The number of amides is 1. The zero-order valence-corrected chi connectivity index (χ0v) is 11.8. The highest BCUT2D eigenvalue weighted by Crippen LogP contribution is 2.14. The molecule has 1 aromatic rings. The van der Waals surface area contributed by atoms with E-state index in [-0.39, 0.29) is 5.75 Å². The topological polar surface area (TPSA) is 59.9 Å². The molecule has 23 heavy (non-hydrogen) atoms. The molecular weight excluding hydrogens is 327 g/mol. The van der Waals surface area contributed by atoms with Crippen LogP contribution in [0.15, 0.2) is 29.4 Å². The summed E-state index contributed by atoms with van der Waals surface area (Å²) in [5.74, 6) is -1.02. The van der Waals surface area contributed by atoms with Gasteiger partial charge in [-0.2, -0.15) is 22.0 Å². The highest BCUT2D eigenvalue weighted by molar-refractivity contribution is 5.81. The quantitative estimate of drug-likeness (QED) is 0.472. The smallest absolute Gasteiger partial charge is 0.405 e. The molecule has 0 spiro atoms. The number of oxime groups is 1. The van der Waals surface area contributed by atoms with Gasteiger partial charge in [0.25, 0.3) is 5.91 Å². The predicted molar refractivity (Wildman–Crippen MR) is 70.3 cm³/mol. The third kappa shape index (κ3) is 7.98. The summed E-state index contributed by atoms with van der Waals surface area (Å²) in [7, 11) is 0. The molecule has 0 aliphatic carbocycles. The number of carbonyl (C=O) groups excluding carboxylic acids is 1. The first-order valence-corrected chi connectivity index (χ1v) is 6.26. The Balaban J connectivity index is 2.44. The number of alkyl halides is 5. The Kier molecular flexibility index (Phi) is 6.73. The molecule has 5 nitrogen and oxygen atoms in total. The van der Waals surface area contributed by atoms with Crippen molar-refractivity contribution < 1.29 is 36.3 Å². The number of rotatable bonds is 7. The summed E-state index contributed by atoms with van der Waals surface area (Å²) in [5.41, 5.74) is 0.453. The van der Waals surface area contributed by atoms with E-state index in [1.807, 2.05) is 0 Å². The molecule has 10 heteroatoms. The zero-order chi connectivity index (χ0) is 17.5. The van der Waals surface area contributed by atoms with Crippen LogP contribution in [-0.2, 0) is 9.63 Å². The number of carbonyl (C=O) groups is 1. The molecule has 0 bridgehead atoms. The van der Waals surface area contributed by atoms with E-state index >= 15 is 0 Å². The third-order valence-corrected chi connectivity index (χ3v) is 2.36. The Bertz CT molecular complexity index is 531. The zero-order valence-electron chi connectivity index (χ0n) is 11.8. The van der Waals surface area contributed by atoms with Crippen LogP contribution in [0.4, 0.5) is 22.0 Å². The highest BCUT2D eigenvalue weighted by atomic mass is 19.4. The average Bonchev–Trinajstić information content (AvgIpc) is 2.45. The number of ether oxygens (including phenoxy) is 1. The monoisotopic (exact) mass is 340 g/mol. The summed E-state index contributed by atoms with van der Waals surface area (Å²) >= 11 is 0. The SMILES string of the molecule is CC(O/N=C/c1ccc(OC(F)F)cc1)C(=O)NCC(F)(F)F. The maximum atomic E-state index is 11.9. The van der Waals surface area contributed by atoms with Gasteiger partial charge in [-0.05, 0) is 36.8 Å². The molecule has 0 radical (unpaired) electrons. The lowest BCUT2D eigenvalue weighted by atomic mass is 10.2. The molecule has 0 heterocycles. The second-order valence-electron chi connectivity index (χ2n) is 4.26. The van der Waals surface area contributed by atoms with Crippen LogP contribution in [0.3, 0.4) is 0 Å². The number of hydrogen-bond acceptors (Lipinski definition) is 4. The molecule has 128 valence electrons. The minimum absolute atomic E-state index is 0.0436. The molecule has 1 aromatic carbocycles. The van der Waals surface area contributed by atoms with Crippen LogP contribution in [-0.4, -0.2) is 37.6 Å². The van der Waals surface area contributed by atoms with Crippen LogP contribution in [0.25, 0.3) is 0 Å². The number of nitrogens with one attached hydrogen (secondary N) is 1. The van der Waals surface area contributed by atoms with Gasteiger partial charge in [0.05, 0.1) is 6.21 Å². The fourth-order valence-corrected chi connectivity index (χ4v) is 1.30. The first-order chi connectivity index (χ1) is 10.7. The van der Waals surface area contributed by atoms with Crippen LogP contribution in [0.5, 0.6) is 5.75 Å². The van der Waals surface area contributed by atoms with Gasteiger partial charge in [0.1, 0.15) is 12.3 Å². The fourth-order valence-electron chi connectivity index (χ4n) is 1.30. The maximum Gasteiger partial charge on any atom is 0.405 e. The van der Waals surface area contributed by atoms with E-state index in [0.29, 0.717) is 5.56 Å². The van der Waals surface area contributed by atoms with Crippen molar-refractivity contribution >= 4 is 12.1 Å². The van der Waals surface area contributed by atoms with Gasteiger partial charge in [-0.25, -0.2) is 0 Å². The van der Waals surface area contributed by atoms with Crippen LogP contribution < -0.4 is 10.1 Å². The van der Waals surface area contributed by atoms with Crippen molar-refractivity contribution in [3.63, 3.8) is 0 Å². The number of halogens is 5. The lowest BCUT2D eigenvalue weighted by Gasteiger charge is -2.11. The predicted octanol–water partition coefficient (Wildman–Crippen LogP) is 2.71.